The van der Waals surface area contributed by atoms with E-state index in [-0.39, 0.29) is 24.4 Å². The highest BCUT2D eigenvalue weighted by molar-refractivity contribution is 7.99. The Morgan fingerprint density at radius 1 is 1.26 bits per heavy atom. The Balaban J connectivity index is 0.00000133. The Hall–Kier alpha value is -0.710. The van der Waals surface area contributed by atoms with Gasteiger partial charge in [0.05, 0.1) is 6.04 Å². The van der Waals surface area contributed by atoms with Gasteiger partial charge in [0.25, 0.3) is 0 Å². The summed E-state index contributed by atoms with van der Waals surface area (Å²) in [5.41, 5.74) is 1.40. The molecule has 2 N–H and O–H groups in total. The molecule has 104 valence electrons. The maximum absolute atomic E-state index is 11.9. The van der Waals surface area contributed by atoms with E-state index in [0.717, 1.165) is 24.5 Å². The van der Waals surface area contributed by atoms with Crippen LogP contribution < -0.4 is 10.6 Å². The van der Waals surface area contributed by atoms with Gasteiger partial charge in [-0.05, 0) is 24.3 Å². The molecule has 1 saturated carbocycles. The zero-order valence-corrected chi connectivity index (χ0v) is 12.3. The summed E-state index contributed by atoms with van der Waals surface area (Å²) in [6, 6.07) is 11.0. The predicted octanol–water partition coefficient (Wildman–Crippen LogP) is 2.13. The molecule has 0 bridgehead atoms. The summed E-state index contributed by atoms with van der Waals surface area (Å²) < 4.78 is 0. The highest BCUT2D eigenvalue weighted by Gasteiger charge is 2.33. The predicted molar refractivity (Wildman–Crippen MR) is 81.8 cm³/mol. The molecule has 1 atom stereocenters. The van der Waals surface area contributed by atoms with Crippen molar-refractivity contribution in [3.8, 4) is 0 Å². The van der Waals surface area contributed by atoms with Crippen LogP contribution in [0.5, 0.6) is 0 Å². The standard InChI is InChI=1S/C14H18N2OS.ClH/c17-14(13-8-18-9-15-13)16-12-6-11(7-12)10-4-2-1-3-5-10;/h1-5,11-13,15H,6-9H2,(H,16,17);1H. The average molecular weight is 299 g/mol. The van der Waals surface area contributed by atoms with E-state index in [1.807, 2.05) is 6.07 Å². The molecule has 1 saturated heterocycles. The number of halogens is 1. The number of hydrogen-bond acceptors (Lipinski definition) is 3. The van der Waals surface area contributed by atoms with Gasteiger partial charge in [-0.25, -0.2) is 0 Å². The Kier molecular flexibility index (Phi) is 5.13. The first kappa shape index (κ1) is 14.7. The molecule has 19 heavy (non-hydrogen) atoms. The fraction of sp³-hybridized carbons (Fsp3) is 0.500. The number of thioether (sulfide) groups is 1. The molecular formula is C14H19ClN2OS. The highest BCUT2D eigenvalue weighted by Crippen LogP contribution is 2.36. The van der Waals surface area contributed by atoms with Crippen LogP contribution in [0.25, 0.3) is 0 Å². The van der Waals surface area contributed by atoms with Gasteiger partial charge in [-0.3, -0.25) is 10.1 Å². The number of hydrogen-bond donors (Lipinski definition) is 2. The normalized spacial score (nSPS) is 29.2. The molecule has 0 radical (unpaired) electrons. The van der Waals surface area contributed by atoms with Crippen molar-refractivity contribution in [3.05, 3.63) is 35.9 Å². The topological polar surface area (TPSA) is 41.1 Å². The van der Waals surface area contributed by atoms with Crippen LogP contribution in [0.2, 0.25) is 0 Å². The Labute approximate surface area is 124 Å². The molecule has 2 fully saturated rings. The monoisotopic (exact) mass is 298 g/mol. The molecule has 2 aliphatic rings. The van der Waals surface area contributed by atoms with Gasteiger partial charge in [-0.1, -0.05) is 30.3 Å². The second-order valence-electron chi connectivity index (χ2n) is 5.06. The third-order valence-corrected chi connectivity index (χ3v) is 4.73. The largest absolute Gasteiger partial charge is 0.352 e. The van der Waals surface area contributed by atoms with Crippen LogP contribution in [0.15, 0.2) is 30.3 Å². The van der Waals surface area contributed by atoms with Crippen LogP contribution in [0.3, 0.4) is 0 Å². The lowest BCUT2D eigenvalue weighted by atomic mass is 9.76. The van der Waals surface area contributed by atoms with E-state index in [1.165, 1.54) is 5.56 Å². The molecule has 0 spiro atoms. The van der Waals surface area contributed by atoms with Gasteiger partial charge < -0.3 is 5.32 Å². The molecule has 5 heteroatoms. The molecule has 1 aromatic rings. The highest BCUT2D eigenvalue weighted by atomic mass is 35.5. The van der Waals surface area contributed by atoms with E-state index >= 15 is 0 Å². The van der Waals surface area contributed by atoms with E-state index in [4.69, 9.17) is 0 Å². The molecule has 0 aromatic heterocycles. The van der Waals surface area contributed by atoms with E-state index in [9.17, 15) is 4.79 Å². The van der Waals surface area contributed by atoms with Crippen molar-refractivity contribution < 1.29 is 4.79 Å². The smallest absolute Gasteiger partial charge is 0.238 e. The number of carbonyl (C=O) groups is 1. The summed E-state index contributed by atoms with van der Waals surface area (Å²) in [6.45, 7) is 0. The Bertz CT molecular complexity index is 417. The SMILES string of the molecule is Cl.O=C(NC1CC(c2ccccc2)C1)C1CSCN1. The van der Waals surface area contributed by atoms with E-state index in [1.54, 1.807) is 11.8 Å². The van der Waals surface area contributed by atoms with E-state index in [2.05, 4.69) is 34.9 Å². The number of carbonyl (C=O) groups excluding carboxylic acids is 1. The van der Waals surface area contributed by atoms with E-state index in [0.29, 0.717) is 12.0 Å². The molecule has 1 aromatic carbocycles. The van der Waals surface area contributed by atoms with Crippen LogP contribution >= 0.6 is 24.2 Å². The lowest BCUT2D eigenvalue weighted by Gasteiger charge is -2.36. The minimum atomic E-state index is 0. The fourth-order valence-electron chi connectivity index (χ4n) is 2.60. The van der Waals surface area contributed by atoms with Crippen molar-refractivity contribution in [1.29, 1.82) is 0 Å². The second kappa shape index (κ2) is 6.64. The first-order valence-electron chi connectivity index (χ1n) is 6.49. The zero-order valence-electron chi connectivity index (χ0n) is 10.7. The maximum Gasteiger partial charge on any atom is 0.238 e. The van der Waals surface area contributed by atoms with Crippen molar-refractivity contribution in [2.75, 3.05) is 11.6 Å². The molecular weight excluding hydrogens is 280 g/mol. The van der Waals surface area contributed by atoms with Crippen molar-refractivity contribution in [1.82, 2.24) is 10.6 Å². The summed E-state index contributed by atoms with van der Waals surface area (Å²) in [4.78, 5) is 11.9. The molecule has 1 amide bonds. The van der Waals surface area contributed by atoms with Crippen LogP contribution in [-0.4, -0.2) is 29.6 Å². The van der Waals surface area contributed by atoms with Gasteiger partial charge in [0, 0.05) is 17.7 Å². The fourth-order valence-corrected chi connectivity index (χ4v) is 3.54. The minimum absolute atomic E-state index is 0. The van der Waals surface area contributed by atoms with Crippen LogP contribution in [-0.2, 0) is 4.79 Å². The van der Waals surface area contributed by atoms with Gasteiger partial charge in [0.2, 0.25) is 5.91 Å². The molecule has 1 unspecified atom stereocenters. The lowest BCUT2D eigenvalue weighted by molar-refractivity contribution is -0.123. The van der Waals surface area contributed by atoms with Crippen molar-refractivity contribution >= 4 is 30.1 Å². The van der Waals surface area contributed by atoms with Gasteiger partial charge in [-0.2, -0.15) is 0 Å². The van der Waals surface area contributed by atoms with Crippen LogP contribution in [0.4, 0.5) is 0 Å². The number of amides is 1. The maximum atomic E-state index is 11.9. The van der Waals surface area contributed by atoms with Gasteiger partial charge in [0.15, 0.2) is 0 Å². The molecule has 3 rings (SSSR count). The lowest BCUT2D eigenvalue weighted by Crippen LogP contribution is -2.50. The second-order valence-corrected chi connectivity index (χ2v) is 6.09. The van der Waals surface area contributed by atoms with Crippen LogP contribution in [0, 0.1) is 0 Å². The van der Waals surface area contributed by atoms with Gasteiger partial charge in [-0.15, -0.1) is 24.2 Å². The summed E-state index contributed by atoms with van der Waals surface area (Å²) >= 11 is 1.79. The Morgan fingerprint density at radius 3 is 2.63 bits per heavy atom. The summed E-state index contributed by atoms with van der Waals surface area (Å²) in [6.07, 6.45) is 2.16. The molecule has 1 aliphatic heterocycles. The Morgan fingerprint density at radius 2 is 2.00 bits per heavy atom. The van der Waals surface area contributed by atoms with Crippen molar-refractivity contribution in [2.24, 2.45) is 0 Å². The van der Waals surface area contributed by atoms with E-state index < -0.39 is 0 Å². The summed E-state index contributed by atoms with van der Waals surface area (Å²) in [7, 11) is 0. The number of benzene rings is 1. The molecule has 3 nitrogen and oxygen atoms in total. The number of rotatable bonds is 3. The first-order chi connectivity index (χ1) is 8.83. The third kappa shape index (κ3) is 3.44. The molecule has 1 aliphatic carbocycles. The number of nitrogens with one attached hydrogen (secondary N) is 2. The summed E-state index contributed by atoms with van der Waals surface area (Å²) in [5.74, 6) is 2.61. The minimum Gasteiger partial charge on any atom is -0.352 e. The zero-order chi connectivity index (χ0) is 12.4. The molecule has 1 heterocycles. The van der Waals surface area contributed by atoms with Crippen LogP contribution in [0.1, 0.15) is 24.3 Å². The third-order valence-electron chi connectivity index (χ3n) is 3.79. The van der Waals surface area contributed by atoms with Crippen molar-refractivity contribution in [3.63, 3.8) is 0 Å². The first-order valence-corrected chi connectivity index (χ1v) is 7.65. The quantitative estimate of drug-likeness (QED) is 0.898. The van der Waals surface area contributed by atoms with Gasteiger partial charge in [0.1, 0.15) is 0 Å². The average Bonchev–Trinajstić information content (AvgIpc) is 2.88. The van der Waals surface area contributed by atoms with Gasteiger partial charge >= 0.3 is 0 Å². The van der Waals surface area contributed by atoms with Crippen molar-refractivity contribution in [2.45, 2.75) is 30.8 Å². The summed E-state index contributed by atoms with van der Waals surface area (Å²) in [5, 5.41) is 6.35.